The van der Waals surface area contributed by atoms with Gasteiger partial charge in [0.2, 0.25) is 0 Å². The summed E-state index contributed by atoms with van der Waals surface area (Å²) in [6.07, 6.45) is -0.446. The highest BCUT2D eigenvalue weighted by molar-refractivity contribution is 5.71. The first-order valence-corrected chi connectivity index (χ1v) is 4.66. The standard InChI is InChI=1S/C9H15NO4/c1-6-4-10(9(13)14-5-6)7(2)3-8(11)12/h6-7H,3-5H2,1-2H3,(H,11,12). The number of hydrogen-bond donors (Lipinski definition) is 1. The van der Waals surface area contributed by atoms with Crippen molar-refractivity contribution >= 4 is 12.1 Å². The minimum absolute atomic E-state index is 0.0399. The van der Waals surface area contributed by atoms with Crippen LogP contribution in [0.1, 0.15) is 20.3 Å². The zero-order chi connectivity index (χ0) is 10.7. The number of rotatable bonds is 3. The summed E-state index contributed by atoms with van der Waals surface area (Å²) in [5, 5.41) is 8.59. The summed E-state index contributed by atoms with van der Waals surface area (Å²) in [6, 6.07) is -0.303. The highest BCUT2D eigenvalue weighted by atomic mass is 16.6. The molecule has 5 heteroatoms. The number of cyclic esters (lactones) is 1. The predicted molar refractivity (Wildman–Crippen MR) is 48.9 cm³/mol. The van der Waals surface area contributed by atoms with Gasteiger partial charge in [-0.05, 0) is 6.92 Å². The molecule has 1 rings (SSSR count). The van der Waals surface area contributed by atoms with E-state index in [2.05, 4.69) is 0 Å². The average molecular weight is 201 g/mol. The highest BCUT2D eigenvalue weighted by Crippen LogP contribution is 2.15. The van der Waals surface area contributed by atoms with Crippen molar-refractivity contribution in [2.45, 2.75) is 26.3 Å². The maximum atomic E-state index is 11.3. The van der Waals surface area contributed by atoms with Crippen molar-refractivity contribution in [3.8, 4) is 0 Å². The number of carboxylic acid groups (broad SMARTS) is 1. The molecule has 1 fully saturated rings. The summed E-state index contributed by atoms with van der Waals surface area (Å²) in [4.78, 5) is 23.2. The Morgan fingerprint density at radius 1 is 1.79 bits per heavy atom. The molecule has 0 spiro atoms. The molecule has 2 atom stereocenters. The number of carbonyl (C=O) groups excluding carboxylic acids is 1. The van der Waals surface area contributed by atoms with Crippen molar-refractivity contribution in [1.29, 1.82) is 0 Å². The van der Waals surface area contributed by atoms with Crippen molar-refractivity contribution < 1.29 is 19.4 Å². The Balaban J connectivity index is 2.55. The van der Waals surface area contributed by atoms with E-state index in [0.29, 0.717) is 13.2 Å². The lowest BCUT2D eigenvalue weighted by atomic mass is 10.1. The molecule has 1 heterocycles. The van der Waals surface area contributed by atoms with Crippen molar-refractivity contribution in [3.05, 3.63) is 0 Å². The Labute approximate surface area is 82.6 Å². The van der Waals surface area contributed by atoms with Crippen LogP contribution in [0.4, 0.5) is 4.79 Å². The highest BCUT2D eigenvalue weighted by Gasteiger charge is 2.29. The lowest BCUT2D eigenvalue weighted by Gasteiger charge is -2.34. The molecule has 0 aromatic heterocycles. The summed E-state index contributed by atoms with van der Waals surface area (Å²) < 4.78 is 4.90. The summed E-state index contributed by atoms with van der Waals surface area (Å²) in [5.41, 5.74) is 0. The third kappa shape index (κ3) is 2.61. The Bertz CT molecular complexity index is 241. The van der Waals surface area contributed by atoms with Gasteiger partial charge in [-0.3, -0.25) is 4.79 Å². The van der Waals surface area contributed by atoms with Gasteiger partial charge in [0.25, 0.3) is 0 Å². The van der Waals surface area contributed by atoms with Gasteiger partial charge in [-0.15, -0.1) is 0 Å². The van der Waals surface area contributed by atoms with Gasteiger partial charge in [0.15, 0.2) is 0 Å². The molecule has 1 aliphatic rings. The van der Waals surface area contributed by atoms with Crippen molar-refractivity contribution in [3.63, 3.8) is 0 Å². The molecule has 0 aromatic rings. The van der Waals surface area contributed by atoms with Crippen molar-refractivity contribution in [2.75, 3.05) is 13.2 Å². The van der Waals surface area contributed by atoms with Crippen LogP contribution in [0.25, 0.3) is 0 Å². The van der Waals surface area contributed by atoms with E-state index in [9.17, 15) is 9.59 Å². The molecule has 0 aromatic carbocycles. The lowest BCUT2D eigenvalue weighted by molar-refractivity contribution is -0.138. The summed E-state index contributed by atoms with van der Waals surface area (Å²) in [6.45, 7) is 4.68. The minimum Gasteiger partial charge on any atom is -0.481 e. The first-order valence-electron chi connectivity index (χ1n) is 4.66. The first kappa shape index (κ1) is 10.8. The molecule has 5 nitrogen and oxygen atoms in total. The average Bonchev–Trinajstić information content (AvgIpc) is 2.08. The Morgan fingerprint density at radius 2 is 2.43 bits per heavy atom. The number of carboxylic acids is 1. The fourth-order valence-corrected chi connectivity index (χ4v) is 1.48. The summed E-state index contributed by atoms with van der Waals surface area (Å²) in [5.74, 6) is -0.632. The maximum Gasteiger partial charge on any atom is 0.410 e. The molecular formula is C9H15NO4. The molecule has 0 bridgehead atoms. The van der Waals surface area contributed by atoms with Crippen LogP contribution in [0.2, 0.25) is 0 Å². The van der Waals surface area contributed by atoms with Crippen LogP contribution in [0.3, 0.4) is 0 Å². The third-order valence-electron chi connectivity index (χ3n) is 2.24. The molecule has 1 aliphatic heterocycles. The van der Waals surface area contributed by atoms with Gasteiger partial charge in [0, 0.05) is 18.5 Å². The van der Waals surface area contributed by atoms with Gasteiger partial charge < -0.3 is 14.7 Å². The smallest absolute Gasteiger partial charge is 0.410 e. The normalized spacial score (nSPS) is 24.3. The zero-order valence-corrected chi connectivity index (χ0v) is 8.40. The van der Waals surface area contributed by atoms with Crippen LogP contribution in [-0.2, 0) is 9.53 Å². The van der Waals surface area contributed by atoms with Crippen LogP contribution < -0.4 is 0 Å². The topological polar surface area (TPSA) is 66.8 Å². The van der Waals surface area contributed by atoms with Gasteiger partial charge >= 0.3 is 12.1 Å². The predicted octanol–water partition coefficient (Wildman–Crippen LogP) is 0.938. The van der Waals surface area contributed by atoms with Crippen LogP contribution in [0, 0.1) is 5.92 Å². The fourth-order valence-electron chi connectivity index (χ4n) is 1.48. The Hall–Kier alpha value is -1.26. The number of nitrogens with zero attached hydrogens (tertiary/aromatic N) is 1. The van der Waals surface area contributed by atoms with E-state index in [1.165, 1.54) is 4.90 Å². The van der Waals surface area contributed by atoms with E-state index < -0.39 is 12.1 Å². The van der Waals surface area contributed by atoms with Crippen molar-refractivity contribution in [1.82, 2.24) is 4.90 Å². The Kier molecular flexibility index (Phi) is 3.33. The molecule has 14 heavy (non-hydrogen) atoms. The summed E-state index contributed by atoms with van der Waals surface area (Å²) >= 11 is 0. The SMILES string of the molecule is CC1COC(=O)N(C(C)CC(=O)O)C1. The van der Waals surface area contributed by atoms with Crippen LogP contribution in [0.15, 0.2) is 0 Å². The van der Waals surface area contributed by atoms with Gasteiger partial charge in [0.1, 0.15) is 0 Å². The first-order chi connectivity index (χ1) is 6.50. The monoisotopic (exact) mass is 201 g/mol. The lowest BCUT2D eigenvalue weighted by Crippen LogP contribution is -2.47. The molecular weight excluding hydrogens is 186 g/mol. The van der Waals surface area contributed by atoms with Crippen LogP contribution >= 0.6 is 0 Å². The quantitative estimate of drug-likeness (QED) is 0.737. The van der Waals surface area contributed by atoms with Gasteiger partial charge in [-0.25, -0.2) is 4.79 Å². The Morgan fingerprint density at radius 3 is 3.00 bits per heavy atom. The van der Waals surface area contributed by atoms with Gasteiger partial charge in [-0.1, -0.05) is 6.92 Å². The third-order valence-corrected chi connectivity index (χ3v) is 2.24. The van der Waals surface area contributed by atoms with E-state index in [-0.39, 0.29) is 18.4 Å². The van der Waals surface area contributed by atoms with Crippen molar-refractivity contribution in [2.24, 2.45) is 5.92 Å². The number of ether oxygens (including phenoxy) is 1. The second-order valence-electron chi connectivity index (χ2n) is 3.78. The summed E-state index contributed by atoms with van der Waals surface area (Å²) in [7, 11) is 0. The number of hydrogen-bond acceptors (Lipinski definition) is 3. The number of amides is 1. The van der Waals surface area contributed by atoms with E-state index in [0.717, 1.165) is 0 Å². The molecule has 80 valence electrons. The van der Waals surface area contributed by atoms with Gasteiger partial charge in [-0.2, -0.15) is 0 Å². The molecule has 0 saturated carbocycles. The molecule has 1 saturated heterocycles. The molecule has 2 unspecified atom stereocenters. The van der Waals surface area contributed by atoms with E-state index in [1.54, 1.807) is 6.92 Å². The largest absolute Gasteiger partial charge is 0.481 e. The molecule has 1 amide bonds. The van der Waals surface area contributed by atoms with E-state index in [1.807, 2.05) is 6.92 Å². The van der Waals surface area contributed by atoms with Crippen LogP contribution in [-0.4, -0.2) is 41.3 Å². The molecule has 0 radical (unpaired) electrons. The fraction of sp³-hybridized carbons (Fsp3) is 0.778. The number of carbonyl (C=O) groups is 2. The maximum absolute atomic E-state index is 11.3. The molecule has 1 N–H and O–H groups in total. The van der Waals surface area contributed by atoms with E-state index in [4.69, 9.17) is 9.84 Å². The number of aliphatic carboxylic acids is 1. The van der Waals surface area contributed by atoms with Crippen LogP contribution in [0.5, 0.6) is 0 Å². The van der Waals surface area contributed by atoms with Gasteiger partial charge in [0.05, 0.1) is 13.0 Å². The van der Waals surface area contributed by atoms with E-state index >= 15 is 0 Å². The zero-order valence-electron chi connectivity index (χ0n) is 8.40. The second kappa shape index (κ2) is 4.30. The second-order valence-corrected chi connectivity index (χ2v) is 3.78. The molecule has 0 aliphatic carbocycles. The minimum atomic E-state index is -0.900.